The van der Waals surface area contributed by atoms with Crippen LogP contribution in [-0.4, -0.2) is 38.9 Å². The van der Waals surface area contributed by atoms with Gasteiger partial charge in [-0.25, -0.2) is 21.9 Å². The largest absolute Gasteiger partial charge is 0.386 e. The maximum absolute atomic E-state index is 13.0. The Hall–Kier alpha value is -1.09. The van der Waals surface area contributed by atoms with Crippen LogP contribution in [0.1, 0.15) is 6.42 Å². The predicted octanol–water partition coefficient (Wildman–Crippen LogP) is 0.394. The molecule has 1 aromatic rings. The van der Waals surface area contributed by atoms with E-state index in [1.807, 2.05) is 0 Å². The molecule has 1 fully saturated rings. The summed E-state index contributed by atoms with van der Waals surface area (Å²) in [4.78, 5) is -0.395. The molecule has 1 heterocycles. The summed E-state index contributed by atoms with van der Waals surface area (Å²) < 4.78 is 56.5. The number of hydrogen-bond donors (Lipinski definition) is 2. The van der Waals surface area contributed by atoms with E-state index in [4.69, 9.17) is 4.74 Å². The standard InChI is InChI=1S/C11H13F2NO4S/c12-9-2-1-8(5-10(9)13)19(16,17)14-6-11(15)3-4-18-7-11/h1-2,5,14-15H,3-4,6-7H2/t11-/m1/s1. The molecule has 8 heteroatoms. The van der Waals surface area contributed by atoms with Gasteiger partial charge in [0, 0.05) is 19.6 Å². The number of rotatable bonds is 4. The van der Waals surface area contributed by atoms with Crippen molar-refractivity contribution in [1.82, 2.24) is 4.72 Å². The van der Waals surface area contributed by atoms with Gasteiger partial charge in [0.15, 0.2) is 11.6 Å². The van der Waals surface area contributed by atoms with Gasteiger partial charge in [-0.1, -0.05) is 0 Å². The van der Waals surface area contributed by atoms with Crippen molar-refractivity contribution < 1.29 is 27.0 Å². The second-order valence-electron chi connectivity index (χ2n) is 4.43. The summed E-state index contributed by atoms with van der Waals surface area (Å²) in [7, 11) is -4.00. The van der Waals surface area contributed by atoms with Gasteiger partial charge in [-0.3, -0.25) is 0 Å². The number of ether oxygens (including phenoxy) is 1. The fourth-order valence-electron chi connectivity index (χ4n) is 1.69. The van der Waals surface area contributed by atoms with Crippen molar-refractivity contribution in [1.29, 1.82) is 0 Å². The van der Waals surface area contributed by atoms with Crippen LogP contribution in [0.4, 0.5) is 8.78 Å². The average molecular weight is 293 g/mol. The molecule has 1 aromatic carbocycles. The second-order valence-corrected chi connectivity index (χ2v) is 6.19. The average Bonchev–Trinajstić information content (AvgIpc) is 2.78. The SMILES string of the molecule is O=S(=O)(NC[C@]1(O)CCOC1)c1ccc(F)c(F)c1. The van der Waals surface area contributed by atoms with E-state index in [9.17, 15) is 22.3 Å². The highest BCUT2D eigenvalue weighted by atomic mass is 32.2. The van der Waals surface area contributed by atoms with Crippen LogP contribution >= 0.6 is 0 Å². The van der Waals surface area contributed by atoms with Gasteiger partial charge >= 0.3 is 0 Å². The van der Waals surface area contributed by atoms with Gasteiger partial charge in [-0.15, -0.1) is 0 Å². The van der Waals surface area contributed by atoms with Crippen molar-refractivity contribution in [2.75, 3.05) is 19.8 Å². The first-order valence-electron chi connectivity index (χ1n) is 5.57. The van der Waals surface area contributed by atoms with Crippen LogP contribution in [0.2, 0.25) is 0 Å². The van der Waals surface area contributed by atoms with Gasteiger partial charge < -0.3 is 9.84 Å². The van der Waals surface area contributed by atoms with Crippen molar-refractivity contribution in [3.63, 3.8) is 0 Å². The summed E-state index contributed by atoms with van der Waals surface area (Å²) in [6.45, 7) is 0.144. The van der Waals surface area contributed by atoms with E-state index in [2.05, 4.69) is 4.72 Å². The van der Waals surface area contributed by atoms with Crippen LogP contribution in [0.25, 0.3) is 0 Å². The molecular formula is C11H13F2NO4S. The molecule has 0 saturated carbocycles. The monoisotopic (exact) mass is 293 g/mol. The zero-order valence-electron chi connectivity index (χ0n) is 9.90. The fourth-order valence-corrected chi connectivity index (χ4v) is 2.82. The molecule has 0 amide bonds. The van der Waals surface area contributed by atoms with Crippen LogP contribution in [-0.2, 0) is 14.8 Å². The third-order valence-corrected chi connectivity index (χ3v) is 4.27. The zero-order chi connectivity index (χ0) is 14.1. The topological polar surface area (TPSA) is 75.6 Å². The summed E-state index contributed by atoms with van der Waals surface area (Å²) in [6, 6.07) is 2.28. The molecule has 0 radical (unpaired) electrons. The van der Waals surface area contributed by atoms with Gasteiger partial charge in [-0.2, -0.15) is 0 Å². The first-order chi connectivity index (χ1) is 8.82. The molecule has 0 aromatic heterocycles. The minimum Gasteiger partial charge on any atom is -0.386 e. The lowest BCUT2D eigenvalue weighted by Gasteiger charge is -2.20. The molecule has 0 spiro atoms. The third-order valence-electron chi connectivity index (χ3n) is 2.88. The van der Waals surface area contributed by atoms with E-state index in [1.54, 1.807) is 0 Å². The fraction of sp³-hybridized carbons (Fsp3) is 0.455. The minimum absolute atomic E-state index is 0.0350. The molecular weight excluding hydrogens is 280 g/mol. The first-order valence-corrected chi connectivity index (χ1v) is 7.06. The Morgan fingerprint density at radius 3 is 2.68 bits per heavy atom. The smallest absolute Gasteiger partial charge is 0.240 e. The summed E-state index contributed by atoms with van der Waals surface area (Å²) in [5.41, 5.74) is -1.26. The van der Waals surface area contributed by atoms with Crippen LogP contribution in [0, 0.1) is 11.6 Å². The van der Waals surface area contributed by atoms with Crippen LogP contribution < -0.4 is 4.72 Å². The van der Waals surface area contributed by atoms with Gasteiger partial charge in [0.2, 0.25) is 10.0 Å². The quantitative estimate of drug-likeness (QED) is 0.842. The van der Waals surface area contributed by atoms with Crippen molar-refractivity contribution in [2.24, 2.45) is 0 Å². The Bertz CT molecular complexity index is 570. The van der Waals surface area contributed by atoms with Gasteiger partial charge in [0.1, 0.15) is 5.60 Å². The molecule has 2 N–H and O–H groups in total. The molecule has 0 bridgehead atoms. The van der Waals surface area contributed by atoms with Crippen molar-refractivity contribution in [3.8, 4) is 0 Å². The Morgan fingerprint density at radius 2 is 2.11 bits per heavy atom. The number of benzene rings is 1. The molecule has 0 unspecified atom stereocenters. The number of nitrogens with one attached hydrogen (secondary N) is 1. The normalized spacial score (nSPS) is 23.7. The van der Waals surface area contributed by atoms with Crippen LogP contribution in [0.15, 0.2) is 23.1 Å². The van der Waals surface area contributed by atoms with Crippen molar-refractivity contribution in [3.05, 3.63) is 29.8 Å². The molecule has 1 aliphatic heterocycles. The summed E-state index contributed by atoms with van der Waals surface area (Å²) in [6.07, 6.45) is 0.313. The molecule has 19 heavy (non-hydrogen) atoms. The highest BCUT2D eigenvalue weighted by molar-refractivity contribution is 7.89. The lowest BCUT2D eigenvalue weighted by molar-refractivity contribution is 0.0314. The Balaban J connectivity index is 2.11. The highest BCUT2D eigenvalue weighted by Crippen LogP contribution is 2.19. The number of hydrogen-bond acceptors (Lipinski definition) is 4. The summed E-state index contributed by atoms with van der Waals surface area (Å²) in [5.74, 6) is -2.37. The van der Waals surface area contributed by atoms with Gasteiger partial charge in [0.05, 0.1) is 11.5 Å². The van der Waals surface area contributed by atoms with E-state index < -0.39 is 32.2 Å². The second kappa shape index (κ2) is 5.12. The van der Waals surface area contributed by atoms with E-state index >= 15 is 0 Å². The van der Waals surface area contributed by atoms with Gasteiger partial charge in [-0.05, 0) is 18.2 Å². The van der Waals surface area contributed by atoms with Gasteiger partial charge in [0.25, 0.3) is 0 Å². The Kier molecular flexibility index (Phi) is 3.86. The molecule has 1 saturated heterocycles. The summed E-state index contributed by atoms with van der Waals surface area (Å²) >= 11 is 0. The lowest BCUT2D eigenvalue weighted by Crippen LogP contribution is -2.43. The first kappa shape index (κ1) is 14.3. The molecule has 1 aliphatic rings. The van der Waals surface area contributed by atoms with E-state index in [1.165, 1.54) is 0 Å². The third kappa shape index (κ3) is 3.27. The molecule has 5 nitrogen and oxygen atoms in total. The van der Waals surface area contributed by atoms with Crippen LogP contribution in [0.3, 0.4) is 0 Å². The number of sulfonamides is 1. The minimum atomic E-state index is -4.00. The Labute approximate surface area is 109 Å². The lowest BCUT2D eigenvalue weighted by atomic mass is 10.1. The maximum atomic E-state index is 13.0. The maximum Gasteiger partial charge on any atom is 0.240 e. The van der Waals surface area contributed by atoms with E-state index in [0.717, 1.165) is 12.1 Å². The Morgan fingerprint density at radius 1 is 1.37 bits per heavy atom. The van der Waals surface area contributed by atoms with Crippen LogP contribution in [0.5, 0.6) is 0 Å². The number of aliphatic hydroxyl groups is 1. The molecule has 1 atom stereocenters. The zero-order valence-corrected chi connectivity index (χ0v) is 10.7. The van der Waals surface area contributed by atoms with Crippen molar-refractivity contribution in [2.45, 2.75) is 16.9 Å². The van der Waals surface area contributed by atoms with Crippen molar-refractivity contribution >= 4 is 10.0 Å². The molecule has 2 rings (SSSR count). The summed E-state index contributed by atoms with van der Waals surface area (Å²) in [5, 5.41) is 9.91. The molecule has 0 aliphatic carbocycles. The van der Waals surface area contributed by atoms with E-state index in [0.29, 0.717) is 19.1 Å². The highest BCUT2D eigenvalue weighted by Gasteiger charge is 2.33. The molecule has 106 valence electrons. The number of halogens is 2. The predicted molar refractivity (Wildman–Crippen MR) is 61.9 cm³/mol. The van der Waals surface area contributed by atoms with E-state index in [-0.39, 0.29) is 13.2 Å².